The molecule has 0 spiro atoms. The Morgan fingerprint density at radius 2 is 1.85 bits per heavy atom. The third-order valence-corrected chi connectivity index (χ3v) is 5.60. The average Bonchev–Trinajstić information content (AvgIpc) is 2.93. The molecule has 0 unspecified atom stereocenters. The molecule has 1 saturated heterocycles. The number of amides is 1. The van der Waals surface area contributed by atoms with E-state index in [9.17, 15) is 4.79 Å². The Labute approximate surface area is 156 Å². The SMILES string of the molecule is O=C(COc1ncnc2scc(-c3ccccc3)c12)N1CCCCCC1. The van der Waals surface area contributed by atoms with E-state index in [-0.39, 0.29) is 12.5 Å². The number of ether oxygens (including phenoxy) is 1. The molecular weight excluding hydrogens is 346 g/mol. The molecule has 1 fully saturated rings. The molecule has 0 N–H and O–H groups in total. The van der Waals surface area contributed by atoms with Crippen LogP contribution in [0.4, 0.5) is 0 Å². The van der Waals surface area contributed by atoms with Crippen LogP contribution in [0, 0.1) is 0 Å². The van der Waals surface area contributed by atoms with Crippen molar-refractivity contribution in [3.63, 3.8) is 0 Å². The van der Waals surface area contributed by atoms with Crippen molar-refractivity contribution in [3.8, 4) is 17.0 Å². The van der Waals surface area contributed by atoms with Crippen LogP contribution in [0.25, 0.3) is 21.3 Å². The Morgan fingerprint density at radius 1 is 1.08 bits per heavy atom. The molecule has 0 radical (unpaired) electrons. The highest BCUT2D eigenvalue weighted by atomic mass is 32.1. The summed E-state index contributed by atoms with van der Waals surface area (Å²) in [5, 5.41) is 2.95. The number of hydrogen-bond acceptors (Lipinski definition) is 5. The number of aromatic nitrogens is 2. The summed E-state index contributed by atoms with van der Waals surface area (Å²) < 4.78 is 5.86. The standard InChI is InChI=1S/C20H21N3O2S/c24-17(23-10-6-1-2-7-11-23)12-25-19-18-16(15-8-4-3-5-9-15)13-26-20(18)22-14-21-19/h3-5,8-9,13-14H,1-2,6-7,10-12H2. The minimum Gasteiger partial charge on any atom is -0.467 e. The lowest BCUT2D eigenvalue weighted by Crippen LogP contribution is -2.35. The van der Waals surface area contributed by atoms with Crippen molar-refractivity contribution in [2.75, 3.05) is 19.7 Å². The first-order valence-corrected chi connectivity index (χ1v) is 9.89. The van der Waals surface area contributed by atoms with Crippen LogP contribution < -0.4 is 4.74 Å². The molecule has 5 nitrogen and oxygen atoms in total. The Balaban J connectivity index is 1.57. The van der Waals surface area contributed by atoms with E-state index in [0.29, 0.717) is 5.88 Å². The number of hydrogen-bond donors (Lipinski definition) is 0. The Morgan fingerprint density at radius 3 is 2.62 bits per heavy atom. The van der Waals surface area contributed by atoms with Crippen LogP contribution in [0.1, 0.15) is 25.7 Å². The highest BCUT2D eigenvalue weighted by Gasteiger charge is 2.18. The maximum absolute atomic E-state index is 12.5. The first kappa shape index (κ1) is 17.0. The van der Waals surface area contributed by atoms with Gasteiger partial charge in [-0.2, -0.15) is 0 Å². The Hall–Kier alpha value is -2.47. The topological polar surface area (TPSA) is 55.3 Å². The number of thiophene rings is 1. The summed E-state index contributed by atoms with van der Waals surface area (Å²) in [7, 11) is 0. The molecule has 2 aromatic heterocycles. The van der Waals surface area contributed by atoms with Crippen LogP contribution in [-0.2, 0) is 4.79 Å². The van der Waals surface area contributed by atoms with Gasteiger partial charge in [-0.1, -0.05) is 43.2 Å². The molecule has 1 aromatic carbocycles. The van der Waals surface area contributed by atoms with Gasteiger partial charge < -0.3 is 9.64 Å². The van der Waals surface area contributed by atoms with Crippen LogP contribution in [0.2, 0.25) is 0 Å². The molecule has 6 heteroatoms. The van der Waals surface area contributed by atoms with Gasteiger partial charge in [0.2, 0.25) is 5.88 Å². The molecule has 0 aliphatic carbocycles. The second-order valence-corrected chi connectivity index (χ2v) is 7.32. The lowest BCUT2D eigenvalue weighted by Gasteiger charge is -2.20. The summed E-state index contributed by atoms with van der Waals surface area (Å²) in [6.45, 7) is 1.68. The van der Waals surface area contributed by atoms with Gasteiger partial charge in [0.15, 0.2) is 6.61 Å². The third kappa shape index (κ3) is 3.55. The van der Waals surface area contributed by atoms with Crippen molar-refractivity contribution in [2.45, 2.75) is 25.7 Å². The predicted molar refractivity (Wildman–Crippen MR) is 103 cm³/mol. The molecule has 26 heavy (non-hydrogen) atoms. The summed E-state index contributed by atoms with van der Waals surface area (Å²) in [5.74, 6) is 0.522. The first-order valence-electron chi connectivity index (χ1n) is 9.01. The molecule has 1 amide bonds. The van der Waals surface area contributed by atoms with Gasteiger partial charge in [0.1, 0.15) is 11.2 Å². The summed E-state index contributed by atoms with van der Waals surface area (Å²) in [6, 6.07) is 10.1. The van der Waals surface area contributed by atoms with Crippen molar-refractivity contribution in [1.29, 1.82) is 0 Å². The van der Waals surface area contributed by atoms with E-state index in [1.54, 1.807) is 11.3 Å². The average molecular weight is 367 g/mol. The fourth-order valence-electron chi connectivity index (χ4n) is 3.33. The smallest absolute Gasteiger partial charge is 0.260 e. The number of benzene rings is 1. The minimum absolute atomic E-state index is 0.0240. The zero-order chi connectivity index (χ0) is 17.8. The van der Waals surface area contributed by atoms with E-state index in [1.807, 2.05) is 23.1 Å². The Bertz CT molecular complexity index is 886. The van der Waals surface area contributed by atoms with Crippen molar-refractivity contribution < 1.29 is 9.53 Å². The molecule has 134 valence electrons. The zero-order valence-corrected chi connectivity index (χ0v) is 15.4. The largest absolute Gasteiger partial charge is 0.467 e. The number of likely N-dealkylation sites (tertiary alicyclic amines) is 1. The van der Waals surface area contributed by atoms with Gasteiger partial charge in [-0.3, -0.25) is 4.79 Å². The van der Waals surface area contributed by atoms with Crippen molar-refractivity contribution in [2.24, 2.45) is 0 Å². The van der Waals surface area contributed by atoms with Crippen LogP contribution in [0.15, 0.2) is 42.0 Å². The minimum atomic E-state index is 0.0240. The summed E-state index contributed by atoms with van der Waals surface area (Å²) >= 11 is 1.56. The van der Waals surface area contributed by atoms with Gasteiger partial charge >= 0.3 is 0 Å². The Kier molecular flexibility index (Phi) is 5.11. The number of nitrogens with zero attached hydrogens (tertiary/aromatic N) is 3. The first-order chi connectivity index (χ1) is 12.8. The van der Waals surface area contributed by atoms with E-state index >= 15 is 0 Å². The maximum Gasteiger partial charge on any atom is 0.260 e. The van der Waals surface area contributed by atoms with E-state index in [2.05, 4.69) is 27.5 Å². The van der Waals surface area contributed by atoms with Crippen LogP contribution in [0.5, 0.6) is 5.88 Å². The van der Waals surface area contributed by atoms with Gasteiger partial charge in [-0.15, -0.1) is 11.3 Å². The molecule has 0 bridgehead atoms. The summed E-state index contributed by atoms with van der Waals surface area (Å²) in [5.41, 5.74) is 2.14. The van der Waals surface area contributed by atoms with Gasteiger partial charge in [0, 0.05) is 24.0 Å². The number of fused-ring (bicyclic) bond motifs is 1. The molecule has 0 atom stereocenters. The van der Waals surface area contributed by atoms with Crippen LogP contribution >= 0.6 is 11.3 Å². The highest BCUT2D eigenvalue weighted by molar-refractivity contribution is 7.17. The normalized spacial score (nSPS) is 15.0. The van der Waals surface area contributed by atoms with Crippen LogP contribution in [0.3, 0.4) is 0 Å². The van der Waals surface area contributed by atoms with Gasteiger partial charge in [-0.25, -0.2) is 9.97 Å². The predicted octanol–water partition coefficient (Wildman–Crippen LogP) is 4.14. The molecule has 3 aromatic rings. The third-order valence-electron chi connectivity index (χ3n) is 4.71. The monoisotopic (exact) mass is 367 g/mol. The van der Waals surface area contributed by atoms with Crippen LogP contribution in [-0.4, -0.2) is 40.5 Å². The maximum atomic E-state index is 12.5. The van der Waals surface area contributed by atoms with Crippen molar-refractivity contribution >= 4 is 27.5 Å². The summed E-state index contributed by atoms with van der Waals surface area (Å²) in [6.07, 6.45) is 6.05. The quantitative estimate of drug-likeness (QED) is 0.695. The van der Waals surface area contributed by atoms with Gasteiger partial charge in [-0.05, 0) is 18.4 Å². The fraction of sp³-hybridized carbons (Fsp3) is 0.350. The lowest BCUT2D eigenvalue weighted by atomic mass is 10.1. The molecule has 0 saturated carbocycles. The molecule has 4 rings (SSSR count). The van der Waals surface area contributed by atoms with Gasteiger partial charge in [0.05, 0.1) is 5.39 Å². The van der Waals surface area contributed by atoms with Crippen molar-refractivity contribution in [3.05, 3.63) is 42.0 Å². The summed E-state index contributed by atoms with van der Waals surface area (Å²) in [4.78, 5) is 24.0. The number of carbonyl (C=O) groups excluding carboxylic acids is 1. The van der Waals surface area contributed by atoms with E-state index in [4.69, 9.17) is 4.74 Å². The molecule has 3 heterocycles. The molecule has 1 aliphatic rings. The molecule has 1 aliphatic heterocycles. The second-order valence-electron chi connectivity index (χ2n) is 6.46. The fourth-order valence-corrected chi connectivity index (χ4v) is 4.24. The van der Waals surface area contributed by atoms with E-state index in [0.717, 1.165) is 47.3 Å². The van der Waals surface area contributed by atoms with Gasteiger partial charge in [0.25, 0.3) is 5.91 Å². The lowest BCUT2D eigenvalue weighted by molar-refractivity contribution is -0.133. The highest BCUT2D eigenvalue weighted by Crippen LogP contribution is 2.37. The number of carbonyl (C=O) groups is 1. The van der Waals surface area contributed by atoms with Crippen molar-refractivity contribution in [1.82, 2.24) is 14.9 Å². The zero-order valence-electron chi connectivity index (χ0n) is 14.6. The van der Waals surface area contributed by atoms with E-state index < -0.39 is 0 Å². The molecular formula is C20H21N3O2S. The number of rotatable bonds is 4. The van der Waals surface area contributed by atoms with E-state index in [1.165, 1.54) is 19.2 Å². The second kappa shape index (κ2) is 7.83.